The quantitative estimate of drug-likeness (QED) is 0.941. The summed E-state index contributed by atoms with van der Waals surface area (Å²) in [5, 5.41) is 18.0. The first-order chi connectivity index (χ1) is 11.1. The van der Waals surface area contributed by atoms with Gasteiger partial charge >= 0.3 is 5.97 Å². The third kappa shape index (κ3) is 2.11. The molecule has 0 spiro atoms. The molecule has 1 aliphatic carbocycles. The lowest BCUT2D eigenvalue weighted by molar-refractivity contribution is -0.139. The minimum absolute atomic E-state index is 0.0341. The minimum Gasteiger partial charge on any atom is -0.488 e. The maximum absolute atomic E-state index is 11.1. The van der Waals surface area contributed by atoms with E-state index < -0.39 is 11.9 Å². The molecule has 5 heteroatoms. The number of rotatable bonds is 3. The molecule has 5 nitrogen and oxygen atoms in total. The summed E-state index contributed by atoms with van der Waals surface area (Å²) in [5.41, 5.74) is 2.40. The van der Waals surface area contributed by atoms with Crippen LogP contribution in [-0.4, -0.2) is 17.2 Å². The van der Waals surface area contributed by atoms with Gasteiger partial charge in [0.2, 0.25) is 0 Å². The smallest absolute Gasteiger partial charge is 0.311 e. The predicted octanol–water partition coefficient (Wildman–Crippen LogP) is 3.22. The van der Waals surface area contributed by atoms with Crippen LogP contribution in [0.15, 0.2) is 36.4 Å². The van der Waals surface area contributed by atoms with Crippen LogP contribution in [0, 0.1) is 24.2 Å². The largest absolute Gasteiger partial charge is 0.488 e. The molecule has 4 rings (SSSR count). The molecule has 0 radical (unpaired) electrons. The number of benzene rings is 2. The summed E-state index contributed by atoms with van der Waals surface area (Å²) in [6.07, 6.45) is -0.241. The lowest BCUT2D eigenvalue weighted by Crippen LogP contribution is -2.08. The molecule has 1 saturated carbocycles. The van der Waals surface area contributed by atoms with Crippen LogP contribution in [0.3, 0.4) is 0 Å². The number of hydrogen-bond donors (Lipinski definition) is 1. The normalized spacial score (nSPS) is 23.2. The van der Waals surface area contributed by atoms with E-state index in [2.05, 4.69) is 6.07 Å². The van der Waals surface area contributed by atoms with Gasteiger partial charge in [-0.3, -0.25) is 4.79 Å². The Labute approximate surface area is 132 Å². The number of carboxylic acid groups (broad SMARTS) is 1. The van der Waals surface area contributed by atoms with Crippen LogP contribution in [0.5, 0.6) is 17.2 Å². The molecule has 0 amide bonds. The van der Waals surface area contributed by atoms with Gasteiger partial charge in [-0.15, -0.1) is 0 Å². The van der Waals surface area contributed by atoms with Crippen molar-refractivity contribution in [3.8, 4) is 23.3 Å². The third-order valence-electron chi connectivity index (χ3n) is 4.38. The molecular formula is C18H13NO4. The fourth-order valence-electron chi connectivity index (χ4n) is 3.16. The van der Waals surface area contributed by atoms with Crippen LogP contribution in [0.4, 0.5) is 0 Å². The molecular weight excluding hydrogens is 294 g/mol. The lowest BCUT2D eigenvalue weighted by atomic mass is 10.1. The van der Waals surface area contributed by atoms with E-state index >= 15 is 0 Å². The molecule has 1 N–H and O–H groups in total. The van der Waals surface area contributed by atoms with E-state index in [4.69, 9.17) is 19.8 Å². The average molecular weight is 307 g/mol. The number of hydrogen-bond acceptors (Lipinski definition) is 4. The highest BCUT2D eigenvalue weighted by Crippen LogP contribution is 2.58. The minimum atomic E-state index is -0.806. The predicted molar refractivity (Wildman–Crippen MR) is 80.7 cm³/mol. The van der Waals surface area contributed by atoms with E-state index in [0.29, 0.717) is 22.8 Å². The van der Waals surface area contributed by atoms with E-state index in [1.807, 2.05) is 19.1 Å². The second-order valence-electron chi connectivity index (χ2n) is 5.87. The molecule has 3 unspecified atom stereocenters. The molecule has 3 atom stereocenters. The molecule has 0 saturated heterocycles. The van der Waals surface area contributed by atoms with Gasteiger partial charge in [-0.25, -0.2) is 0 Å². The Morgan fingerprint density at radius 3 is 2.83 bits per heavy atom. The third-order valence-corrected chi connectivity index (χ3v) is 4.38. The summed E-state index contributed by atoms with van der Waals surface area (Å²) in [4.78, 5) is 11.1. The number of fused-ring (bicyclic) bond motifs is 3. The van der Waals surface area contributed by atoms with Crippen LogP contribution in [0.25, 0.3) is 0 Å². The molecule has 2 aromatic carbocycles. The molecule has 1 aliphatic heterocycles. The zero-order chi connectivity index (χ0) is 16.1. The molecule has 1 fully saturated rings. The van der Waals surface area contributed by atoms with Crippen molar-refractivity contribution in [1.82, 2.24) is 0 Å². The monoisotopic (exact) mass is 307 g/mol. The Hall–Kier alpha value is -3.00. The molecule has 2 aromatic rings. The maximum atomic E-state index is 11.1. The molecule has 2 aliphatic rings. The number of nitrogens with zero attached hydrogens (tertiary/aromatic N) is 1. The SMILES string of the molecule is Cc1cc(C#N)ccc1Oc1ccc2c(c1)OC1C(C(=O)O)C21. The van der Waals surface area contributed by atoms with E-state index in [1.165, 1.54) is 0 Å². The lowest BCUT2D eigenvalue weighted by Gasteiger charge is -2.11. The van der Waals surface area contributed by atoms with E-state index in [9.17, 15) is 4.79 Å². The second kappa shape index (κ2) is 4.75. The number of carbonyl (C=O) groups is 1. The van der Waals surface area contributed by atoms with Crippen molar-refractivity contribution in [2.75, 3.05) is 0 Å². The van der Waals surface area contributed by atoms with Crippen molar-refractivity contribution in [3.63, 3.8) is 0 Å². The van der Waals surface area contributed by atoms with Crippen molar-refractivity contribution in [2.24, 2.45) is 5.92 Å². The second-order valence-corrected chi connectivity index (χ2v) is 5.87. The summed E-state index contributed by atoms with van der Waals surface area (Å²) < 4.78 is 11.5. The molecule has 0 bridgehead atoms. The number of aliphatic carboxylic acids is 1. The van der Waals surface area contributed by atoms with Crippen molar-refractivity contribution >= 4 is 5.97 Å². The maximum Gasteiger partial charge on any atom is 0.311 e. The Morgan fingerprint density at radius 2 is 2.13 bits per heavy atom. The van der Waals surface area contributed by atoms with Crippen LogP contribution in [0.1, 0.15) is 22.6 Å². The van der Waals surface area contributed by atoms with Crippen LogP contribution < -0.4 is 9.47 Å². The van der Waals surface area contributed by atoms with E-state index in [1.54, 1.807) is 24.3 Å². The summed E-state index contributed by atoms with van der Waals surface area (Å²) in [7, 11) is 0. The summed E-state index contributed by atoms with van der Waals surface area (Å²) in [6.45, 7) is 1.88. The van der Waals surface area contributed by atoms with Gasteiger partial charge in [0.25, 0.3) is 0 Å². The zero-order valence-corrected chi connectivity index (χ0v) is 12.3. The van der Waals surface area contributed by atoms with Crippen LogP contribution in [-0.2, 0) is 4.79 Å². The summed E-state index contributed by atoms with van der Waals surface area (Å²) in [5.74, 6) is 0.740. The Balaban J connectivity index is 1.57. The summed E-state index contributed by atoms with van der Waals surface area (Å²) in [6, 6.07) is 12.8. The Bertz CT molecular complexity index is 868. The van der Waals surface area contributed by atoms with E-state index in [-0.39, 0.29) is 12.0 Å². The van der Waals surface area contributed by atoms with Gasteiger partial charge in [-0.2, -0.15) is 5.26 Å². The molecule has 1 heterocycles. The van der Waals surface area contributed by atoms with Gasteiger partial charge in [0, 0.05) is 17.5 Å². The average Bonchev–Trinajstić information content (AvgIpc) is 3.13. The van der Waals surface area contributed by atoms with Gasteiger partial charge in [0.15, 0.2) is 0 Å². The van der Waals surface area contributed by atoms with Crippen LogP contribution in [0.2, 0.25) is 0 Å². The van der Waals surface area contributed by atoms with E-state index in [0.717, 1.165) is 11.1 Å². The van der Waals surface area contributed by atoms with Crippen molar-refractivity contribution in [2.45, 2.75) is 18.9 Å². The fourth-order valence-corrected chi connectivity index (χ4v) is 3.16. The van der Waals surface area contributed by atoms with Gasteiger partial charge in [0.05, 0.1) is 11.6 Å². The van der Waals surface area contributed by atoms with Gasteiger partial charge in [-0.1, -0.05) is 6.07 Å². The topological polar surface area (TPSA) is 79.5 Å². The standard InChI is InChI=1S/C18H13NO4/c1-9-6-10(8-19)2-5-13(9)22-11-3-4-12-14(7-11)23-17-15(12)16(17)18(20)21/h2-7,15-17H,1H3,(H,20,21). The zero-order valence-electron chi connectivity index (χ0n) is 12.3. The van der Waals surface area contributed by atoms with Gasteiger partial charge in [-0.05, 0) is 36.8 Å². The fraction of sp³-hybridized carbons (Fsp3) is 0.222. The number of nitriles is 1. The Morgan fingerprint density at radius 1 is 1.30 bits per heavy atom. The van der Waals surface area contributed by atoms with Crippen LogP contribution >= 0.6 is 0 Å². The van der Waals surface area contributed by atoms with Crippen molar-refractivity contribution in [1.29, 1.82) is 5.26 Å². The first-order valence-corrected chi connectivity index (χ1v) is 7.30. The number of aryl methyl sites for hydroxylation is 1. The molecule has 114 valence electrons. The highest BCUT2D eigenvalue weighted by atomic mass is 16.5. The summed E-state index contributed by atoms with van der Waals surface area (Å²) >= 11 is 0. The highest BCUT2D eigenvalue weighted by Gasteiger charge is 2.63. The van der Waals surface area contributed by atoms with Gasteiger partial charge in [0.1, 0.15) is 29.3 Å². The highest BCUT2D eigenvalue weighted by molar-refractivity contribution is 5.79. The number of carboxylic acids is 1. The number of ether oxygens (including phenoxy) is 2. The molecule has 0 aromatic heterocycles. The molecule has 23 heavy (non-hydrogen) atoms. The first kappa shape index (κ1) is 13.6. The Kier molecular flexibility index (Phi) is 2.82. The van der Waals surface area contributed by atoms with Gasteiger partial charge < -0.3 is 14.6 Å². The van der Waals surface area contributed by atoms with Crippen molar-refractivity contribution < 1.29 is 19.4 Å². The first-order valence-electron chi connectivity index (χ1n) is 7.30. The van der Waals surface area contributed by atoms with Crippen molar-refractivity contribution in [3.05, 3.63) is 53.1 Å².